The van der Waals surface area contributed by atoms with Gasteiger partial charge < -0.3 is 9.64 Å². The first-order chi connectivity index (χ1) is 5.57. The van der Waals surface area contributed by atoms with Crippen LogP contribution in [0.25, 0.3) is 0 Å². The van der Waals surface area contributed by atoms with Crippen LogP contribution < -0.4 is 0 Å². The predicted molar refractivity (Wildman–Crippen MR) is 48.6 cm³/mol. The molecule has 0 N–H and O–H groups in total. The van der Waals surface area contributed by atoms with Crippen molar-refractivity contribution in [2.45, 2.75) is 6.92 Å². The van der Waals surface area contributed by atoms with Crippen molar-refractivity contribution in [1.29, 1.82) is 0 Å². The molecule has 3 heteroatoms. The molecule has 0 fully saturated rings. The lowest BCUT2D eigenvalue weighted by molar-refractivity contribution is -0.136. The molecular formula is C9H15NO2. The molecule has 3 nitrogen and oxygen atoms in total. The van der Waals surface area contributed by atoms with Crippen molar-refractivity contribution < 1.29 is 9.53 Å². The van der Waals surface area contributed by atoms with Crippen LogP contribution in [0.5, 0.6) is 0 Å². The van der Waals surface area contributed by atoms with Gasteiger partial charge in [-0.25, -0.2) is 4.79 Å². The molecule has 0 bridgehead atoms. The van der Waals surface area contributed by atoms with Crippen LogP contribution in [0.3, 0.4) is 0 Å². The van der Waals surface area contributed by atoms with Crippen LogP contribution in [0, 0.1) is 0 Å². The van der Waals surface area contributed by atoms with Gasteiger partial charge in [0.1, 0.15) is 0 Å². The largest absolute Gasteiger partial charge is 0.466 e. The van der Waals surface area contributed by atoms with Gasteiger partial charge in [-0.1, -0.05) is 6.08 Å². The van der Waals surface area contributed by atoms with E-state index in [2.05, 4.69) is 4.74 Å². The smallest absolute Gasteiger partial charge is 0.333 e. The zero-order chi connectivity index (χ0) is 9.56. The van der Waals surface area contributed by atoms with Gasteiger partial charge in [-0.3, -0.25) is 0 Å². The van der Waals surface area contributed by atoms with Crippen LogP contribution in [0.4, 0.5) is 0 Å². The van der Waals surface area contributed by atoms with Gasteiger partial charge in [-0.2, -0.15) is 0 Å². The van der Waals surface area contributed by atoms with E-state index in [9.17, 15) is 4.79 Å². The number of methoxy groups -OCH3 is 1. The summed E-state index contributed by atoms with van der Waals surface area (Å²) in [5.41, 5.74) is 0.593. The van der Waals surface area contributed by atoms with Crippen molar-refractivity contribution >= 4 is 5.97 Å². The summed E-state index contributed by atoms with van der Waals surface area (Å²) in [5.74, 6) is -0.293. The molecule has 0 aromatic heterocycles. The van der Waals surface area contributed by atoms with Crippen molar-refractivity contribution in [3.63, 3.8) is 0 Å². The lowest BCUT2D eigenvalue weighted by Gasteiger charge is -2.01. The van der Waals surface area contributed by atoms with Crippen molar-refractivity contribution in [2.24, 2.45) is 0 Å². The summed E-state index contributed by atoms with van der Waals surface area (Å²) in [4.78, 5) is 12.7. The second-order valence-corrected chi connectivity index (χ2v) is 2.65. The number of nitrogens with zero attached hydrogens (tertiary/aromatic N) is 1. The van der Waals surface area contributed by atoms with E-state index in [4.69, 9.17) is 0 Å². The van der Waals surface area contributed by atoms with Crippen molar-refractivity contribution in [1.82, 2.24) is 4.90 Å². The second-order valence-electron chi connectivity index (χ2n) is 2.65. The van der Waals surface area contributed by atoms with E-state index >= 15 is 0 Å². The van der Waals surface area contributed by atoms with Crippen LogP contribution in [0.15, 0.2) is 23.9 Å². The van der Waals surface area contributed by atoms with Gasteiger partial charge in [-0.15, -0.1) is 0 Å². The molecule has 0 radical (unpaired) electrons. The number of ether oxygens (including phenoxy) is 1. The van der Waals surface area contributed by atoms with Crippen molar-refractivity contribution in [3.8, 4) is 0 Å². The molecule has 12 heavy (non-hydrogen) atoms. The van der Waals surface area contributed by atoms with Crippen LogP contribution in [0.2, 0.25) is 0 Å². The summed E-state index contributed by atoms with van der Waals surface area (Å²) in [5, 5.41) is 0. The molecule has 0 amide bonds. The molecule has 0 saturated carbocycles. The zero-order valence-corrected chi connectivity index (χ0v) is 8.00. The van der Waals surface area contributed by atoms with E-state index in [1.165, 1.54) is 7.11 Å². The minimum absolute atomic E-state index is 0.293. The van der Waals surface area contributed by atoms with Crippen LogP contribution in [-0.2, 0) is 9.53 Å². The van der Waals surface area contributed by atoms with Gasteiger partial charge in [0.15, 0.2) is 0 Å². The Hall–Kier alpha value is -1.25. The highest BCUT2D eigenvalue weighted by atomic mass is 16.5. The first-order valence-electron chi connectivity index (χ1n) is 3.67. The maximum absolute atomic E-state index is 10.8. The average molecular weight is 169 g/mol. The van der Waals surface area contributed by atoms with Gasteiger partial charge in [0.05, 0.1) is 7.11 Å². The fourth-order valence-electron chi connectivity index (χ4n) is 0.589. The molecule has 0 aliphatic rings. The van der Waals surface area contributed by atoms with Gasteiger partial charge >= 0.3 is 5.97 Å². The van der Waals surface area contributed by atoms with Crippen molar-refractivity contribution in [2.75, 3.05) is 21.2 Å². The van der Waals surface area contributed by atoms with Gasteiger partial charge in [0.2, 0.25) is 0 Å². The summed E-state index contributed by atoms with van der Waals surface area (Å²) in [6, 6.07) is 0. The molecule has 68 valence electrons. The van der Waals surface area contributed by atoms with E-state index in [-0.39, 0.29) is 5.97 Å². The Bertz CT molecular complexity index is 205. The normalized spacial score (nSPS) is 11.8. The highest BCUT2D eigenvalue weighted by Crippen LogP contribution is 1.95. The Morgan fingerprint density at radius 1 is 1.42 bits per heavy atom. The van der Waals surface area contributed by atoms with E-state index in [0.717, 1.165) is 0 Å². The molecule has 0 unspecified atom stereocenters. The summed E-state index contributed by atoms with van der Waals surface area (Å²) in [7, 11) is 5.20. The quantitative estimate of drug-likeness (QED) is 0.361. The van der Waals surface area contributed by atoms with E-state index < -0.39 is 0 Å². The second kappa shape index (κ2) is 5.41. The van der Waals surface area contributed by atoms with Crippen LogP contribution >= 0.6 is 0 Å². The Labute approximate surface area is 73.3 Å². The maximum atomic E-state index is 10.8. The zero-order valence-electron chi connectivity index (χ0n) is 8.00. The van der Waals surface area contributed by atoms with Gasteiger partial charge in [0, 0.05) is 19.7 Å². The summed E-state index contributed by atoms with van der Waals surface area (Å²) < 4.78 is 4.51. The summed E-state index contributed by atoms with van der Waals surface area (Å²) in [6.07, 6.45) is 5.37. The number of hydrogen-bond donors (Lipinski definition) is 0. The topological polar surface area (TPSA) is 29.5 Å². The van der Waals surface area contributed by atoms with E-state index in [0.29, 0.717) is 5.57 Å². The average Bonchev–Trinajstić information content (AvgIpc) is 2.02. The molecule has 0 aliphatic heterocycles. The highest BCUT2D eigenvalue weighted by Gasteiger charge is 1.99. The Balaban J connectivity index is 4.09. The summed E-state index contributed by atoms with van der Waals surface area (Å²) >= 11 is 0. The molecule has 0 heterocycles. The number of carbonyl (C=O) groups excluding carboxylic acids is 1. The molecule has 0 rings (SSSR count). The lowest BCUT2D eigenvalue weighted by Crippen LogP contribution is -2.02. The van der Waals surface area contributed by atoms with E-state index in [1.807, 2.05) is 25.2 Å². The fourth-order valence-corrected chi connectivity index (χ4v) is 0.589. The molecular weight excluding hydrogens is 154 g/mol. The molecule has 0 aromatic rings. The molecule has 0 atom stereocenters. The third-order valence-electron chi connectivity index (χ3n) is 1.24. The fraction of sp³-hybridized carbons (Fsp3) is 0.444. The lowest BCUT2D eigenvalue weighted by atomic mass is 10.3. The van der Waals surface area contributed by atoms with Gasteiger partial charge in [-0.05, 0) is 19.2 Å². The van der Waals surface area contributed by atoms with E-state index in [1.54, 1.807) is 19.1 Å². The predicted octanol–water partition coefficient (Wildman–Crippen LogP) is 1.18. The van der Waals surface area contributed by atoms with Crippen LogP contribution in [0.1, 0.15) is 6.92 Å². The number of carbonyl (C=O) groups is 1. The Kier molecular flexibility index (Phi) is 4.84. The number of allylic oxidation sites excluding steroid dienone is 2. The Morgan fingerprint density at radius 3 is 2.42 bits per heavy atom. The summed E-state index contributed by atoms with van der Waals surface area (Å²) in [6.45, 7) is 1.71. The first-order valence-corrected chi connectivity index (χ1v) is 3.67. The monoisotopic (exact) mass is 169 g/mol. The third-order valence-corrected chi connectivity index (χ3v) is 1.24. The molecule has 0 saturated heterocycles. The van der Waals surface area contributed by atoms with Crippen LogP contribution in [-0.4, -0.2) is 32.1 Å². The molecule has 0 spiro atoms. The highest BCUT2D eigenvalue weighted by molar-refractivity contribution is 5.87. The number of rotatable bonds is 3. The minimum atomic E-state index is -0.293. The molecule has 0 aromatic carbocycles. The first kappa shape index (κ1) is 10.8. The maximum Gasteiger partial charge on any atom is 0.333 e. The number of hydrogen-bond acceptors (Lipinski definition) is 3. The van der Waals surface area contributed by atoms with Crippen molar-refractivity contribution in [3.05, 3.63) is 23.9 Å². The SMILES string of the molecule is COC(=O)C(C)=CC=CN(C)C. The minimum Gasteiger partial charge on any atom is -0.466 e. The third kappa shape index (κ3) is 4.55. The standard InChI is InChI=1S/C9H15NO2/c1-8(9(11)12-4)6-5-7-10(2)3/h5-7H,1-4H3. The number of esters is 1. The molecule has 0 aliphatic carbocycles. The Morgan fingerprint density at radius 2 is 2.00 bits per heavy atom. The van der Waals surface area contributed by atoms with Gasteiger partial charge in [0.25, 0.3) is 0 Å².